The zero-order valence-corrected chi connectivity index (χ0v) is 7.45. The Bertz CT molecular complexity index is 167. The standard InChI is InChI=1S/C9H16O3/c1-9(10)5-4-7-8(12-9)3-2-6-11-7/h7-8,10H,2-6H2,1H3/t7-,8+,9?/m1/s1. The maximum absolute atomic E-state index is 9.64. The monoisotopic (exact) mass is 172 g/mol. The predicted molar refractivity (Wildman–Crippen MR) is 43.7 cm³/mol. The fraction of sp³-hybridized carbons (Fsp3) is 1.00. The number of hydrogen-bond donors (Lipinski definition) is 1. The van der Waals surface area contributed by atoms with Crippen LogP contribution in [0, 0.1) is 0 Å². The van der Waals surface area contributed by atoms with E-state index in [9.17, 15) is 5.11 Å². The van der Waals surface area contributed by atoms with Gasteiger partial charge in [0.1, 0.15) is 0 Å². The van der Waals surface area contributed by atoms with Crippen LogP contribution < -0.4 is 0 Å². The molecule has 0 aromatic rings. The molecule has 2 aliphatic rings. The molecule has 1 unspecified atom stereocenters. The summed E-state index contributed by atoms with van der Waals surface area (Å²) in [5.74, 6) is -0.915. The second-order valence-corrected chi connectivity index (χ2v) is 3.92. The van der Waals surface area contributed by atoms with Crippen LogP contribution in [0.25, 0.3) is 0 Å². The van der Waals surface area contributed by atoms with Crippen molar-refractivity contribution in [1.29, 1.82) is 0 Å². The Morgan fingerprint density at radius 3 is 3.00 bits per heavy atom. The van der Waals surface area contributed by atoms with E-state index in [1.807, 2.05) is 0 Å². The van der Waals surface area contributed by atoms with E-state index in [0.29, 0.717) is 6.42 Å². The van der Waals surface area contributed by atoms with Crippen molar-refractivity contribution in [3.05, 3.63) is 0 Å². The summed E-state index contributed by atoms with van der Waals surface area (Å²) in [6, 6.07) is 0. The van der Waals surface area contributed by atoms with Gasteiger partial charge in [-0.1, -0.05) is 0 Å². The normalized spacial score (nSPS) is 48.5. The van der Waals surface area contributed by atoms with Crippen LogP contribution in [0.2, 0.25) is 0 Å². The fourth-order valence-electron chi connectivity index (χ4n) is 2.01. The van der Waals surface area contributed by atoms with Crippen molar-refractivity contribution in [2.75, 3.05) is 6.61 Å². The molecule has 0 radical (unpaired) electrons. The van der Waals surface area contributed by atoms with Crippen molar-refractivity contribution in [2.24, 2.45) is 0 Å². The quantitative estimate of drug-likeness (QED) is 0.593. The van der Waals surface area contributed by atoms with Gasteiger partial charge in [-0.2, -0.15) is 0 Å². The van der Waals surface area contributed by atoms with E-state index in [2.05, 4.69) is 0 Å². The molecule has 1 N–H and O–H groups in total. The topological polar surface area (TPSA) is 38.7 Å². The molecule has 12 heavy (non-hydrogen) atoms. The molecule has 3 heteroatoms. The summed E-state index contributed by atoms with van der Waals surface area (Å²) in [7, 11) is 0. The van der Waals surface area contributed by atoms with Crippen LogP contribution in [-0.2, 0) is 9.47 Å². The summed E-state index contributed by atoms with van der Waals surface area (Å²) in [5.41, 5.74) is 0. The molecule has 0 aromatic carbocycles. The Balaban J connectivity index is 1.99. The lowest BCUT2D eigenvalue weighted by Crippen LogP contribution is -2.48. The highest BCUT2D eigenvalue weighted by molar-refractivity contribution is 4.83. The van der Waals surface area contributed by atoms with Crippen LogP contribution in [0.3, 0.4) is 0 Å². The molecule has 2 rings (SSSR count). The van der Waals surface area contributed by atoms with E-state index in [-0.39, 0.29) is 12.2 Å². The average molecular weight is 172 g/mol. The zero-order chi connectivity index (χ0) is 8.60. The van der Waals surface area contributed by atoms with Crippen molar-refractivity contribution in [2.45, 2.75) is 50.6 Å². The molecule has 2 saturated heterocycles. The molecular weight excluding hydrogens is 156 g/mol. The van der Waals surface area contributed by atoms with E-state index >= 15 is 0 Å². The molecule has 0 spiro atoms. The van der Waals surface area contributed by atoms with Crippen molar-refractivity contribution in [3.63, 3.8) is 0 Å². The number of aliphatic hydroxyl groups is 1. The minimum atomic E-state index is -0.915. The molecule has 0 aromatic heterocycles. The molecule has 0 amide bonds. The number of fused-ring (bicyclic) bond motifs is 1. The first kappa shape index (κ1) is 8.48. The highest BCUT2D eigenvalue weighted by Gasteiger charge is 2.38. The highest BCUT2D eigenvalue weighted by atomic mass is 16.6. The average Bonchev–Trinajstić information content (AvgIpc) is 2.02. The molecule has 3 nitrogen and oxygen atoms in total. The third kappa shape index (κ3) is 1.63. The van der Waals surface area contributed by atoms with Crippen molar-refractivity contribution < 1.29 is 14.6 Å². The van der Waals surface area contributed by atoms with Gasteiger partial charge in [-0.15, -0.1) is 0 Å². The largest absolute Gasteiger partial charge is 0.376 e. The minimum Gasteiger partial charge on any atom is -0.376 e. The van der Waals surface area contributed by atoms with Gasteiger partial charge < -0.3 is 14.6 Å². The van der Waals surface area contributed by atoms with Gasteiger partial charge >= 0.3 is 0 Å². The van der Waals surface area contributed by atoms with Gasteiger partial charge in [0.15, 0.2) is 5.79 Å². The third-order valence-electron chi connectivity index (χ3n) is 2.68. The van der Waals surface area contributed by atoms with Gasteiger partial charge in [0.2, 0.25) is 0 Å². The second kappa shape index (κ2) is 2.98. The Morgan fingerprint density at radius 2 is 2.17 bits per heavy atom. The molecule has 2 heterocycles. The summed E-state index contributed by atoms with van der Waals surface area (Å²) in [6.45, 7) is 2.59. The van der Waals surface area contributed by atoms with Crippen molar-refractivity contribution >= 4 is 0 Å². The summed E-state index contributed by atoms with van der Waals surface area (Å²) in [5, 5.41) is 9.64. The number of ether oxygens (including phenoxy) is 2. The minimum absolute atomic E-state index is 0.127. The van der Waals surface area contributed by atoms with Crippen LogP contribution in [0.1, 0.15) is 32.6 Å². The Morgan fingerprint density at radius 1 is 1.33 bits per heavy atom. The second-order valence-electron chi connectivity index (χ2n) is 3.92. The lowest BCUT2D eigenvalue weighted by molar-refractivity contribution is -0.282. The van der Waals surface area contributed by atoms with E-state index in [1.165, 1.54) is 0 Å². The van der Waals surface area contributed by atoms with Crippen LogP contribution >= 0.6 is 0 Å². The van der Waals surface area contributed by atoms with Crippen LogP contribution in [0.5, 0.6) is 0 Å². The molecule has 2 aliphatic heterocycles. The van der Waals surface area contributed by atoms with Gasteiger partial charge in [-0.3, -0.25) is 0 Å². The first-order valence-corrected chi connectivity index (χ1v) is 4.69. The molecule has 70 valence electrons. The Hall–Kier alpha value is -0.120. The Kier molecular flexibility index (Phi) is 2.10. The van der Waals surface area contributed by atoms with E-state index < -0.39 is 5.79 Å². The molecule has 0 saturated carbocycles. The maximum Gasteiger partial charge on any atom is 0.163 e. The van der Waals surface area contributed by atoms with E-state index in [4.69, 9.17) is 9.47 Å². The fourth-order valence-corrected chi connectivity index (χ4v) is 2.01. The predicted octanol–water partition coefficient (Wildman–Crippen LogP) is 1.05. The van der Waals surface area contributed by atoms with E-state index in [1.54, 1.807) is 6.92 Å². The highest BCUT2D eigenvalue weighted by Crippen LogP contribution is 2.32. The lowest BCUT2D eigenvalue weighted by atomic mass is 9.95. The maximum atomic E-state index is 9.64. The SMILES string of the molecule is CC1(O)CC[C@H]2OCCC[C@@H]2O1. The van der Waals surface area contributed by atoms with Gasteiger partial charge in [0.25, 0.3) is 0 Å². The Labute approximate surface area is 72.7 Å². The number of rotatable bonds is 0. The summed E-state index contributed by atoms with van der Waals surface area (Å²) in [6.07, 6.45) is 4.06. The first-order valence-electron chi connectivity index (χ1n) is 4.69. The van der Waals surface area contributed by atoms with Crippen molar-refractivity contribution in [1.82, 2.24) is 0 Å². The number of hydrogen-bond acceptors (Lipinski definition) is 3. The summed E-state index contributed by atoms with van der Waals surface area (Å²) >= 11 is 0. The van der Waals surface area contributed by atoms with Crippen LogP contribution in [-0.4, -0.2) is 29.7 Å². The molecule has 2 fully saturated rings. The summed E-state index contributed by atoms with van der Waals surface area (Å²) in [4.78, 5) is 0. The first-order chi connectivity index (χ1) is 5.67. The van der Waals surface area contributed by atoms with Crippen LogP contribution in [0.4, 0.5) is 0 Å². The third-order valence-corrected chi connectivity index (χ3v) is 2.68. The molecule has 0 bridgehead atoms. The van der Waals surface area contributed by atoms with Gasteiger partial charge in [0, 0.05) is 13.0 Å². The van der Waals surface area contributed by atoms with E-state index in [0.717, 1.165) is 25.9 Å². The van der Waals surface area contributed by atoms with Gasteiger partial charge in [0.05, 0.1) is 12.2 Å². The van der Waals surface area contributed by atoms with Crippen molar-refractivity contribution in [3.8, 4) is 0 Å². The molecule has 3 atom stereocenters. The van der Waals surface area contributed by atoms with Gasteiger partial charge in [-0.25, -0.2) is 0 Å². The zero-order valence-electron chi connectivity index (χ0n) is 7.45. The molecular formula is C9H16O3. The smallest absolute Gasteiger partial charge is 0.163 e. The molecule has 0 aliphatic carbocycles. The lowest BCUT2D eigenvalue weighted by Gasteiger charge is -2.42. The summed E-state index contributed by atoms with van der Waals surface area (Å²) < 4.78 is 11.0. The van der Waals surface area contributed by atoms with Gasteiger partial charge in [-0.05, 0) is 26.2 Å². The van der Waals surface area contributed by atoms with Crippen LogP contribution in [0.15, 0.2) is 0 Å².